The van der Waals surface area contributed by atoms with Crippen LogP contribution in [0.15, 0.2) is 54.0 Å². The van der Waals surface area contributed by atoms with Crippen molar-refractivity contribution < 1.29 is 14.0 Å². The van der Waals surface area contributed by atoms with Crippen molar-refractivity contribution >= 4 is 40.6 Å². The van der Waals surface area contributed by atoms with Crippen LogP contribution in [0, 0.1) is 12.7 Å². The van der Waals surface area contributed by atoms with Gasteiger partial charge in [-0.05, 0) is 61.7 Å². The van der Waals surface area contributed by atoms with Crippen molar-refractivity contribution in [2.24, 2.45) is 0 Å². The number of anilines is 1. The second-order valence-electron chi connectivity index (χ2n) is 10.6. The monoisotopic (exact) mass is 588 g/mol. The van der Waals surface area contributed by atoms with Crippen molar-refractivity contribution in [2.45, 2.75) is 39.7 Å². The summed E-state index contributed by atoms with van der Waals surface area (Å²) in [6.07, 6.45) is 3.58. The molecule has 0 unspecified atom stereocenters. The molecule has 5 rings (SSSR count). The topological polar surface area (TPSA) is 101 Å². The van der Waals surface area contributed by atoms with E-state index in [9.17, 15) is 18.8 Å². The first-order valence-electron chi connectivity index (χ1n) is 13.6. The minimum atomic E-state index is -0.581. The van der Waals surface area contributed by atoms with Gasteiger partial charge in [-0.25, -0.2) is 18.7 Å². The summed E-state index contributed by atoms with van der Waals surface area (Å²) in [7, 11) is 0. The molecule has 9 nitrogen and oxygen atoms in total. The molecule has 0 saturated carbocycles. The molecule has 1 aromatic carbocycles. The Bertz CT molecular complexity index is 1800. The van der Waals surface area contributed by atoms with E-state index in [2.05, 4.69) is 16.5 Å². The van der Waals surface area contributed by atoms with E-state index in [1.54, 1.807) is 23.2 Å². The Labute approximate surface area is 247 Å². The first-order valence-corrected chi connectivity index (χ1v) is 14.0. The van der Waals surface area contributed by atoms with E-state index in [1.807, 2.05) is 32.6 Å². The zero-order valence-electron chi connectivity index (χ0n) is 23.8. The minimum Gasteiger partial charge on any atom is -0.350 e. The fraction of sp³-hybridized carbons (Fsp3) is 0.290. The molecule has 4 heterocycles. The maximum absolute atomic E-state index is 14.4. The summed E-state index contributed by atoms with van der Waals surface area (Å²) in [5.74, 6) is -0.396. The number of hydrogen-bond acceptors (Lipinski definition) is 7. The van der Waals surface area contributed by atoms with Crippen LogP contribution in [0.2, 0.25) is 5.02 Å². The van der Waals surface area contributed by atoms with Crippen LogP contribution in [0.25, 0.3) is 28.0 Å². The molecule has 1 amide bonds. The minimum absolute atomic E-state index is 0.0336. The number of fused-ring (bicyclic) bond motifs is 1. The Kier molecular flexibility index (Phi) is 7.92. The van der Waals surface area contributed by atoms with Crippen LogP contribution in [0.3, 0.4) is 0 Å². The van der Waals surface area contributed by atoms with Gasteiger partial charge in [-0.3, -0.25) is 14.6 Å². The molecule has 42 heavy (non-hydrogen) atoms. The summed E-state index contributed by atoms with van der Waals surface area (Å²) < 4.78 is 15.8. The zero-order chi connectivity index (χ0) is 30.3. The predicted octanol–water partition coefficient (Wildman–Crippen LogP) is 5.10. The zero-order valence-corrected chi connectivity index (χ0v) is 24.5. The van der Waals surface area contributed by atoms with Crippen LogP contribution in [-0.4, -0.2) is 62.3 Å². The number of nitrogens with zero attached hydrogens (tertiary/aromatic N) is 6. The van der Waals surface area contributed by atoms with E-state index in [0.29, 0.717) is 48.5 Å². The van der Waals surface area contributed by atoms with Gasteiger partial charge >= 0.3 is 5.69 Å². The standard InChI is InChI=1S/C31H30ClFN6O3/c1-6-25(41)37-11-12-38(19(5)15-37)29-23-14-24(32)27(22-13-21(33)8-7-20(22)16-40)35-30(23)39(31(42)36-29)28-18(4)9-10-34-26(28)17(2)3/h6-10,13-14,16-17,19H,1,11-12,15H2,2-5H3/t19-/m0/s1. The lowest BCUT2D eigenvalue weighted by molar-refractivity contribution is -0.126. The first kappa shape index (κ1) is 29.1. The summed E-state index contributed by atoms with van der Waals surface area (Å²) in [6.45, 7) is 12.6. The van der Waals surface area contributed by atoms with Crippen LogP contribution in [0.1, 0.15) is 48.3 Å². The van der Waals surface area contributed by atoms with Crippen molar-refractivity contribution in [3.63, 3.8) is 0 Å². The number of aldehydes is 1. The van der Waals surface area contributed by atoms with Crippen molar-refractivity contribution in [3.8, 4) is 16.9 Å². The average Bonchev–Trinajstić information content (AvgIpc) is 2.96. The fourth-order valence-electron chi connectivity index (χ4n) is 5.44. The molecule has 1 fully saturated rings. The van der Waals surface area contributed by atoms with Crippen molar-refractivity contribution in [3.05, 3.63) is 87.3 Å². The molecule has 0 bridgehead atoms. The molecule has 3 aromatic heterocycles. The molecule has 0 aliphatic carbocycles. The van der Waals surface area contributed by atoms with Crippen LogP contribution in [-0.2, 0) is 4.79 Å². The maximum Gasteiger partial charge on any atom is 0.355 e. The van der Waals surface area contributed by atoms with E-state index in [4.69, 9.17) is 16.6 Å². The van der Waals surface area contributed by atoms with Gasteiger partial charge < -0.3 is 9.80 Å². The highest BCUT2D eigenvalue weighted by molar-refractivity contribution is 6.34. The van der Waals surface area contributed by atoms with Crippen LogP contribution in [0.4, 0.5) is 10.2 Å². The van der Waals surface area contributed by atoms with E-state index in [1.165, 1.54) is 28.8 Å². The second kappa shape index (κ2) is 11.4. The highest BCUT2D eigenvalue weighted by atomic mass is 35.5. The molecule has 11 heteroatoms. The van der Waals surface area contributed by atoms with Gasteiger partial charge in [-0.15, -0.1) is 0 Å². The third-order valence-electron chi connectivity index (χ3n) is 7.51. The number of rotatable bonds is 6. The van der Waals surface area contributed by atoms with Crippen LogP contribution >= 0.6 is 11.6 Å². The maximum atomic E-state index is 14.4. The summed E-state index contributed by atoms with van der Waals surface area (Å²) in [5, 5.41) is 0.644. The van der Waals surface area contributed by atoms with Gasteiger partial charge in [0, 0.05) is 43.0 Å². The number of hydrogen-bond donors (Lipinski definition) is 0. The van der Waals surface area contributed by atoms with Gasteiger partial charge in [0.15, 0.2) is 11.9 Å². The molecular formula is C31H30ClFN6O3. The third-order valence-corrected chi connectivity index (χ3v) is 7.80. The molecule has 0 radical (unpaired) electrons. The summed E-state index contributed by atoms with van der Waals surface area (Å²) in [6, 6.07) is 7.00. The Morgan fingerprint density at radius 3 is 2.62 bits per heavy atom. The lowest BCUT2D eigenvalue weighted by Gasteiger charge is -2.40. The van der Waals surface area contributed by atoms with Gasteiger partial charge in [-0.1, -0.05) is 32.0 Å². The Hall–Kier alpha value is -4.44. The average molecular weight is 589 g/mol. The summed E-state index contributed by atoms with van der Waals surface area (Å²) >= 11 is 6.79. The van der Waals surface area contributed by atoms with Crippen molar-refractivity contribution in [2.75, 3.05) is 24.5 Å². The van der Waals surface area contributed by atoms with Gasteiger partial charge in [0.05, 0.1) is 27.5 Å². The lowest BCUT2D eigenvalue weighted by Crippen LogP contribution is -2.54. The fourth-order valence-corrected chi connectivity index (χ4v) is 5.69. The van der Waals surface area contributed by atoms with Gasteiger partial charge in [-0.2, -0.15) is 4.98 Å². The summed E-state index contributed by atoms with van der Waals surface area (Å²) in [4.78, 5) is 55.7. The number of piperazine rings is 1. The molecule has 1 aliphatic rings. The van der Waals surface area contributed by atoms with Gasteiger partial charge in [0.2, 0.25) is 5.91 Å². The van der Waals surface area contributed by atoms with E-state index in [-0.39, 0.29) is 45.4 Å². The van der Waals surface area contributed by atoms with Gasteiger partial charge in [0.1, 0.15) is 11.6 Å². The number of carbonyl (C=O) groups is 2. The molecule has 216 valence electrons. The van der Waals surface area contributed by atoms with Crippen LogP contribution < -0.4 is 10.6 Å². The normalized spacial score (nSPS) is 15.4. The number of aromatic nitrogens is 4. The van der Waals surface area contributed by atoms with Crippen molar-refractivity contribution in [1.82, 2.24) is 24.4 Å². The summed E-state index contributed by atoms with van der Waals surface area (Å²) in [5.41, 5.74) is 2.22. The number of aryl methyl sites for hydroxylation is 1. The SMILES string of the molecule is C=CC(=O)N1CCN(c2nc(=O)n(-c3c(C)ccnc3C(C)C)c3nc(-c4cc(F)ccc4C=O)c(Cl)cc23)[C@@H](C)C1. The highest BCUT2D eigenvalue weighted by Crippen LogP contribution is 2.36. The quantitative estimate of drug-likeness (QED) is 0.228. The number of pyridine rings is 2. The van der Waals surface area contributed by atoms with E-state index < -0.39 is 11.5 Å². The molecule has 0 spiro atoms. The molecule has 1 aliphatic heterocycles. The number of carbonyl (C=O) groups excluding carboxylic acids is 2. The van der Waals surface area contributed by atoms with Crippen LogP contribution in [0.5, 0.6) is 0 Å². The number of benzene rings is 1. The number of halogens is 2. The van der Waals surface area contributed by atoms with Crippen molar-refractivity contribution in [1.29, 1.82) is 0 Å². The highest BCUT2D eigenvalue weighted by Gasteiger charge is 2.30. The molecule has 1 saturated heterocycles. The van der Waals surface area contributed by atoms with E-state index >= 15 is 0 Å². The first-order chi connectivity index (χ1) is 20.0. The van der Waals surface area contributed by atoms with E-state index in [0.717, 1.165) is 5.56 Å². The van der Waals surface area contributed by atoms with Gasteiger partial charge in [0.25, 0.3) is 0 Å². The molecule has 0 N–H and O–H groups in total. The molecule has 1 atom stereocenters. The predicted molar refractivity (Wildman–Crippen MR) is 161 cm³/mol. The smallest absolute Gasteiger partial charge is 0.350 e. The Morgan fingerprint density at radius 2 is 1.95 bits per heavy atom. The second-order valence-corrected chi connectivity index (χ2v) is 11.0. The molecular weight excluding hydrogens is 559 g/mol. The molecule has 4 aromatic rings. The third kappa shape index (κ3) is 5.07. The number of amides is 1. The lowest BCUT2D eigenvalue weighted by atomic mass is 10.0. The largest absolute Gasteiger partial charge is 0.355 e. The Balaban J connectivity index is 1.84. The Morgan fingerprint density at radius 1 is 1.19 bits per heavy atom.